The lowest BCUT2D eigenvalue weighted by Crippen LogP contribution is -2.55. The van der Waals surface area contributed by atoms with E-state index < -0.39 is 5.60 Å². The molecular formula is C26H34N6O3S. The summed E-state index contributed by atoms with van der Waals surface area (Å²) in [5.41, 5.74) is 1.29. The largest absolute Gasteiger partial charge is 0.444 e. The zero-order valence-electron chi connectivity index (χ0n) is 21.5. The third-order valence-corrected chi connectivity index (χ3v) is 7.82. The molecule has 192 valence electrons. The fraction of sp³-hybridized carbons (Fsp3) is 0.538. The van der Waals surface area contributed by atoms with Crippen molar-refractivity contribution in [2.45, 2.75) is 75.1 Å². The number of aryl methyl sites for hydroxylation is 1. The molecular weight excluding hydrogens is 476 g/mol. The lowest BCUT2D eigenvalue weighted by atomic mass is 9.73. The third-order valence-electron chi connectivity index (χ3n) is 6.91. The van der Waals surface area contributed by atoms with Gasteiger partial charge in [0.2, 0.25) is 0 Å². The summed E-state index contributed by atoms with van der Waals surface area (Å²) in [7, 11) is 0. The van der Waals surface area contributed by atoms with Crippen LogP contribution < -0.4 is 10.2 Å². The van der Waals surface area contributed by atoms with Gasteiger partial charge < -0.3 is 24.1 Å². The van der Waals surface area contributed by atoms with Crippen LogP contribution in [0.25, 0.3) is 5.65 Å². The molecule has 0 unspecified atom stereocenters. The summed E-state index contributed by atoms with van der Waals surface area (Å²) < 4.78 is 13.5. The molecule has 0 saturated carbocycles. The fourth-order valence-corrected chi connectivity index (χ4v) is 5.87. The molecule has 2 saturated heterocycles. The van der Waals surface area contributed by atoms with Crippen LogP contribution in [-0.4, -0.2) is 62.9 Å². The van der Waals surface area contributed by atoms with Crippen LogP contribution in [0.5, 0.6) is 0 Å². The maximum absolute atomic E-state index is 12.5. The monoisotopic (exact) mass is 510 g/mol. The second-order valence-corrected chi connectivity index (χ2v) is 11.9. The molecule has 2 aliphatic rings. The maximum atomic E-state index is 12.5. The molecule has 3 aromatic heterocycles. The van der Waals surface area contributed by atoms with Gasteiger partial charge in [-0.1, -0.05) is 11.8 Å². The van der Waals surface area contributed by atoms with Gasteiger partial charge in [0.15, 0.2) is 0 Å². The smallest absolute Gasteiger partial charge is 0.407 e. The zero-order valence-corrected chi connectivity index (χ0v) is 22.3. The second-order valence-electron chi connectivity index (χ2n) is 10.8. The van der Waals surface area contributed by atoms with Gasteiger partial charge in [-0.3, -0.25) is 0 Å². The minimum atomic E-state index is -0.530. The van der Waals surface area contributed by atoms with Gasteiger partial charge in [0.05, 0.1) is 36.8 Å². The molecule has 36 heavy (non-hydrogen) atoms. The number of amides is 1. The Labute approximate surface area is 216 Å². The van der Waals surface area contributed by atoms with Crippen molar-refractivity contribution in [2.75, 3.05) is 24.6 Å². The van der Waals surface area contributed by atoms with Crippen molar-refractivity contribution in [1.82, 2.24) is 24.7 Å². The van der Waals surface area contributed by atoms with E-state index in [1.54, 1.807) is 11.8 Å². The summed E-state index contributed by atoms with van der Waals surface area (Å²) in [6.07, 6.45) is 9.08. The van der Waals surface area contributed by atoms with E-state index in [1.165, 1.54) is 0 Å². The van der Waals surface area contributed by atoms with E-state index in [9.17, 15) is 4.79 Å². The van der Waals surface area contributed by atoms with E-state index in [1.807, 2.05) is 63.8 Å². The van der Waals surface area contributed by atoms with E-state index in [2.05, 4.69) is 32.3 Å². The topological polar surface area (TPSA) is 93.9 Å². The lowest BCUT2D eigenvalue weighted by Gasteiger charge is -2.42. The van der Waals surface area contributed by atoms with Crippen molar-refractivity contribution < 1.29 is 14.3 Å². The molecule has 2 fully saturated rings. The van der Waals surface area contributed by atoms with E-state index in [0.29, 0.717) is 6.61 Å². The number of carbonyl (C=O) groups excluding carboxylic acids is 1. The number of rotatable bonds is 4. The molecule has 2 atom stereocenters. The van der Waals surface area contributed by atoms with Crippen LogP contribution in [0.1, 0.15) is 46.2 Å². The number of nitrogens with zero attached hydrogens (tertiary/aromatic N) is 5. The van der Waals surface area contributed by atoms with Gasteiger partial charge in [-0.25, -0.2) is 19.7 Å². The third kappa shape index (κ3) is 5.29. The number of anilines is 1. The summed E-state index contributed by atoms with van der Waals surface area (Å²) in [6, 6.07) is 4.05. The number of aromatic nitrogens is 4. The molecule has 0 aliphatic carbocycles. The Balaban J connectivity index is 1.20. The molecule has 5 heterocycles. The summed E-state index contributed by atoms with van der Waals surface area (Å²) in [6.45, 7) is 11.9. The maximum Gasteiger partial charge on any atom is 0.407 e. The molecule has 3 aromatic rings. The predicted molar refractivity (Wildman–Crippen MR) is 139 cm³/mol. The molecule has 1 N–H and O–H groups in total. The van der Waals surface area contributed by atoms with Crippen LogP contribution >= 0.6 is 11.8 Å². The molecule has 0 aromatic carbocycles. The number of carbonyl (C=O) groups is 1. The second kappa shape index (κ2) is 9.55. The average Bonchev–Trinajstić information content (AvgIpc) is 3.33. The molecule has 5 rings (SSSR count). The SMILES string of the molecule is Cc1cn2ccc(Sc3cnc(N4CCC5(CC4)CO[C@@H](C)[C@H]5NC(=O)OC(C)(C)C)cn3)cc2n1. The van der Waals surface area contributed by atoms with E-state index >= 15 is 0 Å². The van der Waals surface area contributed by atoms with Crippen molar-refractivity contribution in [3.8, 4) is 0 Å². The Kier molecular flexibility index (Phi) is 6.59. The number of piperidine rings is 1. The van der Waals surface area contributed by atoms with Crippen LogP contribution in [0.3, 0.4) is 0 Å². The summed E-state index contributed by atoms with van der Waals surface area (Å²) in [5, 5.41) is 3.95. The number of nitrogens with one attached hydrogen (secondary N) is 1. The highest BCUT2D eigenvalue weighted by molar-refractivity contribution is 7.99. The molecule has 9 nitrogen and oxygen atoms in total. The van der Waals surface area contributed by atoms with Crippen LogP contribution in [0.4, 0.5) is 10.6 Å². The van der Waals surface area contributed by atoms with Crippen LogP contribution in [0.15, 0.2) is 46.8 Å². The summed E-state index contributed by atoms with van der Waals surface area (Å²) in [4.78, 5) is 29.7. The normalized spacial score (nSPS) is 21.8. The van der Waals surface area contributed by atoms with Gasteiger partial charge in [-0.05, 0) is 59.6 Å². The van der Waals surface area contributed by atoms with Gasteiger partial charge in [-0.15, -0.1) is 0 Å². The Morgan fingerprint density at radius 1 is 1.25 bits per heavy atom. The van der Waals surface area contributed by atoms with E-state index in [4.69, 9.17) is 14.5 Å². The van der Waals surface area contributed by atoms with Crippen molar-refractivity contribution in [1.29, 1.82) is 0 Å². The first-order chi connectivity index (χ1) is 17.1. The number of hydrogen-bond acceptors (Lipinski definition) is 8. The molecule has 0 bridgehead atoms. The van der Waals surface area contributed by atoms with Crippen LogP contribution in [0, 0.1) is 12.3 Å². The van der Waals surface area contributed by atoms with Gasteiger partial charge in [-0.2, -0.15) is 0 Å². The Bertz CT molecular complexity index is 1230. The number of fused-ring (bicyclic) bond motifs is 1. The van der Waals surface area contributed by atoms with Gasteiger partial charge in [0, 0.05) is 35.8 Å². The molecule has 2 aliphatic heterocycles. The molecule has 1 amide bonds. The highest BCUT2D eigenvalue weighted by Crippen LogP contribution is 2.43. The Hall–Kier alpha value is -2.85. The van der Waals surface area contributed by atoms with Crippen molar-refractivity contribution >= 4 is 29.3 Å². The number of ether oxygens (including phenoxy) is 2. The zero-order chi connectivity index (χ0) is 25.5. The average molecular weight is 511 g/mol. The molecule has 0 radical (unpaired) electrons. The van der Waals surface area contributed by atoms with Gasteiger partial charge in [0.25, 0.3) is 0 Å². The highest BCUT2D eigenvalue weighted by Gasteiger charge is 2.50. The summed E-state index contributed by atoms with van der Waals surface area (Å²) >= 11 is 1.58. The number of hydrogen-bond donors (Lipinski definition) is 1. The number of pyridine rings is 1. The van der Waals surface area contributed by atoms with Crippen LogP contribution in [0.2, 0.25) is 0 Å². The number of imidazole rings is 1. The number of alkyl carbamates (subject to hydrolysis) is 1. The first-order valence-corrected chi connectivity index (χ1v) is 13.2. The standard InChI is InChI=1S/C26H34N6O3S/c1-17-15-32-9-6-19(12-20(32)29-17)36-22-14-27-21(13-28-22)31-10-7-26(8-11-31)16-34-18(2)23(26)30-24(33)35-25(3,4)5/h6,9,12-15,18,23H,7-8,10-11,16H2,1-5H3,(H,30,33)/t18-,23+/m0/s1. The van der Waals surface area contributed by atoms with Crippen molar-refractivity contribution in [3.63, 3.8) is 0 Å². The van der Waals surface area contributed by atoms with Gasteiger partial charge in [0.1, 0.15) is 22.1 Å². The fourth-order valence-electron chi connectivity index (χ4n) is 5.12. The first-order valence-electron chi connectivity index (χ1n) is 12.4. The van der Waals surface area contributed by atoms with Crippen molar-refractivity contribution in [3.05, 3.63) is 42.6 Å². The summed E-state index contributed by atoms with van der Waals surface area (Å²) in [5.74, 6) is 0.872. The minimum Gasteiger partial charge on any atom is -0.444 e. The van der Waals surface area contributed by atoms with Crippen molar-refractivity contribution in [2.24, 2.45) is 5.41 Å². The molecule has 1 spiro atoms. The van der Waals surface area contributed by atoms with Crippen LogP contribution in [-0.2, 0) is 9.47 Å². The predicted octanol–water partition coefficient (Wildman–Crippen LogP) is 4.48. The highest BCUT2D eigenvalue weighted by atomic mass is 32.2. The molecule has 10 heteroatoms. The Morgan fingerprint density at radius 2 is 2.03 bits per heavy atom. The van der Waals surface area contributed by atoms with E-state index in [0.717, 1.165) is 53.0 Å². The quantitative estimate of drug-likeness (QED) is 0.549. The van der Waals surface area contributed by atoms with Gasteiger partial charge >= 0.3 is 6.09 Å². The first kappa shape index (κ1) is 24.8. The Morgan fingerprint density at radius 3 is 2.72 bits per heavy atom. The van der Waals surface area contributed by atoms with E-state index in [-0.39, 0.29) is 23.7 Å². The lowest BCUT2D eigenvalue weighted by molar-refractivity contribution is 0.0434. The minimum absolute atomic E-state index is 0.0507.